The molecule has 1 saturated heterocycles. The van der Waals surface area contributed by atoms with E-state index >= 15 is 0 Å². The van der Waals surface area contributed by atoms with Crippen LogP contribution in [0.5, 0.6) is 0 Å². The van der Waals surface area contributed by atoms with E-state index in [-0.39, 0.29) is 23.9 Å². The Hall–Kier alpha value is -3.19. The van der Waals surface area contributed by atoms with Crippen molar-refractivity contribution in [1.29, 1.82) is 0 Å². The molecule has 2 aliphatic heterocycles. The predicted octanol–water partition coefficient (Wildman–Crippen LogP) is 4.52. The molecule has 172 valence electrons. The van der Waals surface area contributed by atoms with Crippen LogP contribution in [0.3, 0.4) is 0 Å². The lowest BCUT2D eigenvalue weighted by Gasteiger charge is -2.39. The van der Waals surface area contributed by atoms with Crippen LogP contribution in [0.1, 0.15) is 42.4 Å². The minimum Gasteiger partial charge on any atom is -0.326 e. The monoisotopic (exact) mass is 445 g/mol. The summed E-state index contributed by atoms with van der Waals surface area (Å²) in [6.45, 7) is 5.73. The lowest BCUT2D eigenvalue weighted by atomic mass is 9.84. The van der Waals surface area contributed by atoms with E-state index in [9.17, 15) is 9.59 Å². The molecule has 7 nitrogen and oxygen atoms in total. The van der Waals surface area contributed by atoms with E-state index in [0.717, 1.165) is 54.9 Å². The standard InChI is InChI=1S/C26H31N5O2/c1-16-4-3-5-24-22(16)15-31(26(33)30-24)21-9-6-18(7-10-21)25(32)29-19-8-11-23(17(2)12-19)28-14-20-13-27-20/h3-5,8,11-12,14,18,20-21,27H,6-7,9-10,13,15H2,1-2H3,(H,29,32)(H,30,33). The van der Waals surface area contributed by atoms with Crippen molar-refractivity contribution in [3.8, 4) is 0 Å². The minimum atomic E-state index is -0.0308. The lowest BCUT2D eigenvalue weighted by Crippen LogP contribution is -2.47. The number of rotatable bonds is 5. The second-order valence-corrected chi connectivity index (χ2v) is 9.45. The van der Waals surface area contributed by atoms with Crippen LogP contribution in [0.15, 0.2) is 41.4 Å². The Balaban J connectivity index is 1.16. The number of fused-ring (bicyclic) bond motifs is 1. The van der Waals surface area contributed by atoms with Crippen molar-refractivity contribution in [2.75, 3.05) is 17.2 Å². The first-order chi connectivity index (χ1) is 16.0. The summed E-state index contributed by atoms with van der Waals surface area (Å²) in [6, 6.07) is 12.4. The van der Waals surface area contributed by atoms with Crippen molar-refractivity contribution in [3.63, 3.8) is 0 Å². The Bertz CT molecular complexity index is 1100. The minimum absolute atomic E-state index is 0.0259. The van der Waals surface area contributed by atoms with Gasteiger partial charge in [-0.05, 0) is 80.5 Å². The van der Waals surface area contributed by atoms with Gasteiger partial charge in [0, 0.05) is 36.1 Å². The number of amides is 3. The molecule has 0 aromatic heterocycles. The van der Waals surface area contributed by atoms with E-state index in [1.165, 1.54) is 11.1 Å². The molecule has 3 N–H and O–H groups in total. The number of anilines is 2. The fourth-order valence-electron chi connectivity index (χ4n) is 4.87. The van der Waals surface area contributed by atoms with Crippen molar-refractivity contribution >= 4 is 35.2 Å². The van der Waals surface area contributed by atoms with Crippen molar-refractivity contribution in [2.24, 2.45) is 10.9 Å². The number of nitrogens with one attached hydrogen (secondary N) is 3. The molecule has 1 atom stereocenters. The molecule has 2 aromatic carbocycles. The van der Waals surface area contributed by atoms with Crippen LogP contribution in [-0.4, -0.2) is 41.7 Å². The Morgan fingerprint density at radius 3 is 2.64 bits per heavy atom. The summed E-state index contributed by atoms with van der Waals surface area (Å²) in [5, 5.41) is 9.32. The summed E-state index contributed by atoms with van der Waals surface area (Å²) < 4.78 is 0. The molecule has 2 heterocycles. The molecule has 0 bridgehead atoms. The topological polar surface area (TPSA) is 95.7 Å². The van der Waals surface area contributed by atoms with E-state index in [4.69, 9.17) is 0 Å². The number of carbonyl (C=O) groups excluding carboxylic acids is 2. The first kappa shape index (κ1) is 21.6. The van der Waals surface area contributed by atoms with Gasteiger partial charge in [-0.15, -0.1) is 0 Å². The summed E-state index contributed by atoms with van der Waals surface area (Å²) in [5.74, 6) is 0.0395. The maximum absolute atomic E-state index is 12.9. The quantitative estimate of drug-likeness (QED) is 0.466. The number of benzene rings is 2. The number of hydrogen-bond acceptors (Lipinski definition) is 4. The molecule has 0 spiro atoms. The van der Waals surface area contributed by atoms with E-state index in [1.54, 1.807) is 0 Å². The van der Waals surface area contributed by atoms with Gasteiger partial charge in [0.15, 0.2) is 0 Å². The molecule has 33 heavy (non-hydrogen) atoms. The van der Waals surface area contributed by atoms with Crippen molar-refractivity contribution in [3.05, 3.63) is 53.1 Å². The average molecular weight is 446 g/mol. The normalized spacial score (nSPS) is 24.4. The van der Waals surface area contributed by atoms with Crippen LogP contribution >= 0.6 is 0 Å². The first-order valence-corrected chi connectivity index (χ1v) is 11.8. The Morgan fingerprint density at radius 1 is 1.12 bits per heavy atom. The van der Waals surface area contributed by atoms with Gasteiger partial charge in [-0.2, -0.15) is 0 Å². The summed E-state index contributed by atoms with van der Waals surface area (Å²) in [7, 11) is 0. The van der Waals surface area contributed by atoms with Crippen LogP contribution in [-0.2, 0) is 11.3 Å². The zero-order chi connectivity index (χ0) is 22.9. The molecule has 2 fully saturated rings. The number of hydrogen-bond donors (Lipinski definition) is 3. The van der Waals surface area contributed by atoms with E-state index < -0.39 is 0 Å². The average Bonchev–Trinajstić information content (AvgIpc) is 3.63. The second kappa shape index (κ2) is 8.98. The largest absolute Gasteiger partial charge is 0.326 e. The summed E-state index contributed by atoms with van der Waals surface area (Å²) in [4.78, 5) is 32.1. The highest BCUT2D eigenvalue weighted by Gasteiger charge is 2.34. The number of aliphatic imine (C=N–C) groups is 1. The molecule has 1 aliphatic carbocycles. The summed E-state index contributed by atoms with van der Waals surface area (Å²) in [5.41, 5.74) is 6.08. The number of aryl methyl sites for hydroxylation is 2. The molecule has 2 aromatic rings. The molecule has 7 heteroatoms. The summed E-state index contributed by atoms with van der Waals surface area (Å²) >= 11 is 0. The van der Waals surface area contributed by atoms with Crippen molar-refractivity contribution < 1.29 is 9.59 Å². The molecule has 3 aliphatic rings. The van der Waals surface area contributed by atoms with Crippen LogP contribution in [0.4, 0.5) is 21.9 Å². The number of nitrogens with zero attached hydrogens (tertiary/aromatic N) is 2. The third-order valence-corrected chi connectivity index (χ3v) is 7.05. The van der Waals surface area contributed by atoms with Gasteiger partial charge in [-0.3, -0.25) is 9.79 Å². The zero-order valence-corrected chi connectivity index (χ0v) is 19.2. The van der Waals surface area contributed by atoms with Crippen LogP contribution in [0.2, 0.25) is 0 Å². The lowest BCUT2D eigenvalue weighted by molar-refractivity contribution is -0.121. The van der Waals surface area contributed by atoms with E-state index in [1.807, 2.05) is 48.4 Å². The van der Waals surface area contributed by atoms with Gasteiger partial charge in [0.05, 0.1) is 18.3 Å². The molecule has 1 saturated carbocycles. The molecule has 5 rings (SSSR count). The Morgan fingerprint density at radius 2 is 1.91 bits per heavy atom. The highest BCUT2D eigenvalue weighted by atomic mass is 16.2. The Labute approximate surface area is 194 Å². The predicted molar refractivity (Wildman–Crippen MR) is 131 cm³/mol. The second-order valence-electron chi connectivity index (χ2n) is 9.45. The maximum Gasteiger partial charge on any atom is 0.322 e. The highest BCUT2D eigenvalue weighted by Crippen LogP contribution is 2.34. The van der Waals surface area contributed by atoms with Crippen LogP contribution in [0.25, 0.3) is 0 Å². The van der Waals surface area contributed by atoms with Gasteiger partial charge < -0.3 is 20.9 Å². The van der Waals surface area contributed by atoms with Gasteiger partial charge >= 0.3 is 6.03 Å². The van der Waals surface area contributed by atoms with Gasteiger partial charge in [0.1, 0.15) is 0 Å². The fourth-order valence-corrected chi connectivity index (χ4v) is 4.87. The molecule has 0 radical (unpaired) electrons. The van der Waals surface area contributed by atoms with Gasteiger partial charge in [-0.1, -0.05) is 12.1 Å². The molecule has 3 amide bonds. The smallest absolute Gasteiger partial charge is 0.322 e. The van der Waals surface area contributed by atoms with Gasteiger partial charge in [0.2, 0.25) is 5.91 Å². The van der Waals surface area contributed by atoms with E-state index in [2.05, 4.69) is 33.9 Å². The first-order valence-electron chi connectivity index (χ1n) is 11.8. The summed E-state index contributed by atoms with van der Waals surface area (Å²) in [6.07, 6.45) is 5.19. The van der Waals surface area contributed by atoms with Gasteiger partial charge in [-0.25, -0.2) is 4.79 Å². The van der Waals surface area contributed by atoms with Crippen LogP contribution in [0, 0.1) is 19.8 Å². The highest BCUT2D eigenvalue weighted by molar-refractivity contribution is 5.94. The molecular formula is C26H31N5O2. The third-order valence-electron chi connectivity index (χ3n) is 7.05. The molecular weight excluding hydrogens is 414 g/mol. The maximum atomic E-state index is 12.9. The molecule has 1 unspecified atom stereocenters. The van der Waals surface area contributed by atoms with Gasteiger partial charge in [0.25, 0.3) is 0 Å². The SMILES string of the molecule is Cc1cc(NC(=O)C2CCC(N3Cc4c(C)cccc4NC3=O)CC2)ccc1N=CC1CN1. The third kappa shape index (κ3) is 4.78. The van der Waals surface area contributed by atoms with Crippen molar-refractivity contribution in [1.82, 2.24) is 10.2 Å². The number of carbonyl (C=O) groups is 2. The fraction of sp³-hybridized carbons (Fsp3) is 0.423. The van der Waals surface area contributed by atoms with Crippen molar-refractivity contribution in [2.45, 2.75) is 58.2 Å². The number of urea groups is 1. The van der Waals surface area contributed by atoms with E-state index in [0.29, 0.717) is 12.6 Å². The Kier molecular flexibility index (Phi) is 5.89. The zero-order valence-electron chi connectivity index (χ0n) is 19.2. The van der Waals surface area contributed by atoms with Crippen LogP contribution < -0.4 is 16.0 Å².